The van der Waals surface area contributed by atoms with E-state index >= 15 is 0 Å². The zero-order valence-corrected chi connectivity index (χ0v) is 20.8. The number of carbonyl (C=O) groups excluding carboxylic acids is 2. The van der Waals surface area contributed by atoms with Gasteiger partial charge in [0, 0.05) is 18.0 Å². The van der Waals surface area contributed by atoms with Gasteiger partial charge in [-0.2, -0.15) is 11.8 Å². The van der Waals surface area contributed by atoms with Crippen LogP contribution in [-0.4, -0.2) is 40.0 Å². The number of amides is 1. The SMILES string of the molecule is CSCCC(NC(=O)c1ccc(C(O)c2ccncc2)cc1-c1ccccc1)C(=O)[O-].[Na+]. The largest absolute Gasteiger partial charge is 1.00 e. The van der Waals surface area contributed by atoms with Gasteiger partial charge in [0.15, 0.2) is 0 Å². The number of nitrogens with one attached hydrogen (secondary N) is 1. The van der Waals surface area contributed by atoms with E-state index in [-0.39, 0.29) is 36.0 Å². The molecule has 0 aliphatic rings. The maximum absolute atomic E-state index is 13.0. The monoisotopic (exact) mass is 458 g/mol. The van der Waals surface area contributed by atoms with Crippen molar-refractivity contribution in [1.82, 2.24) is 10.3 Å². The maximum Gasteiger partial charge on any atom is 1.00 e. The summed E-state index contributed by atoms with van der Waals surface area (Å²) in [5.74, 6) is -1.23. The fourth-order valence-corrected chi connectivity index (χ4v) is 3.72. The number of aliphatic hydroxyl groups is 1. The number of hydrogen-bond acceptors (Lipinski definition) is 6. The standard InChI is InChI=1S/C24H24N2O4S.Na/c1-31-14-11-21(24(29)30)26-23(28)19-8-7-18(22(27)17-9-12-25-13-10-17)15-20(19)16-5-3-2-4-6-16;/h2-10,12-13,15,21-22,27H,11,14H2,1H3,(H,26,28)(H,29,30);/q;+1/p-1. The number of benzene rings is 2. The van der Waals surface area contributed by atoms with Crippen molar-refractivity contribution < 1.29 is 49.4 Å². The average molecular weight is 459 g/mol. The van der Waals surface area contributed by atoms with Gasteiger partial charge < -0.3 is 20.3 Å². The zero-order chi connectivity index (χ0) is 22.2. The molecule has 0 radical (unpaired) electrons. The van der Waals surface area contributed by atoms with E-state index in [9.17, 15) is 19.8 Å². The molecule has 2 N–H and O–H groups in total. The van der Waals surface area contributed by atoms with Crippen LogP contribution in [0.15, 0.2) is 73.1 Å². The summed E-state index contributed by atoms with van der Waals surface area (Å²) in [5.41, 5.74) is 3.00. The molecule has 2 aromatic carbocycles. The van der Waals surface area contributed by atoms with Crippen LogP contribution >= 0.6 is 11.8 Å². The average Bonchev–Trinajstić information content (AvgIpc) is 2.81. The molecule has 1 amide bonds. The Kier molecular flexibility index (Phi) is 10.4. The molecule has 32 heavy (non-hydrogen) atoms. The first-order valence-electron chi connectivity index (χ1n) is 9.79. The Balaban J connectivity index is 0.00000363. The van der Waals surface area contributed by atoms with E-state index < -0.39 is 24.0 Å². The van der Waals surface area contributed by atoms with Gasteiger partial charge in [0.1, 0.15) is 6.10 Å². The second-order valence-corrected chi connectivity index (χ2v) is 7.97. The third-order valence-electron chi connectivity index (χ3n) is 4.91. The molecule has 0 saturated carbocycles. The normalized spacial score (nSPS) is 12.3. The fraction of sp³-hybridized carbons (Fsp3) is 0.208. The van der Waals surface area contributed by atoms with Crippen molar-refractivity contribution >= 4 is 23.6 Å². The van der Waals surface area contributed by atoms with Crippen molar-refractivity contribution in [3.63, 3.8) is 0 Å². The first-order chi connectivity index (χ1) is 15.0. The molecule has 2 atom stereocenters. The molecular formula is C24H23N2NaO4S. The van der Waals surface area contributed by atoms with E-state index in [1.165, 1.54) is 11.8 Å². The van der Waals surface area contributed by atoms with Gasteiger partial charge in [0.25, 0.3) is 5.91 Å². The molecule has 2 unspecified atom stereocenters. The second kappa shape index (κ2) is 12.8. The summed E-state index contributed by atoms with van der Waals surface area (Å²) in [6.07, 6.45) is 4.46. The number of hydrogen-bond donors (Lipinski definition) is 2. The smallest absolute Gasteiger partial charge is 0.548 e. The van der Waals surface area contributed by atoms with Crippen LogP contribution in [-0.2, 0) is 4.79 Å². The van der Waals surface area contributed by atoms with Gasteiger partial charge in [-0.25, -0.2) is 0 Å². The molecule has 1 aromatic heterocycles. The number of aliphatic carboxylic acids is 1. The predicted molar refractivity (Wildman–Crippen MR) is 119 cm³/mol. The van der Waals surface area contributed by atoms with Crippen LogP contribution in [0, 0.1) is 0 Å². The Bertz CT molecular complexity index is 1030. The van der Waals surface area contributed by atoms with Crippen LogP contribution in [0.5, 0.6) is 0 Å². The number of carboxylic acid groups (broad SMARTS) is 1. The summed E-state index contributed by atoms with van der Waals surface area (Å²) in [5, 5.41) is 24.8. The number of carbonyl (C=O) groups is 2. The number of rotatable bonds is 9. The molecule has 3 rings (SSSR count). The molecule has 8 heteroatoms. The molecule has 0 aliphatic heterocycles. The predicted octanol–water partition coefficient (Wildman–Crippen LogP) is -0.564. The van der Waals surface area contributed by atoms with Gasteiger partial charge in [-0.1, -0.05) is 36.4 Å². The summed E-state index contributed by atoms with van der Waals surface area (Å²) in [7, 11) is 0. The molecular weight excluding hydrogens is 435 g/mol. The van der Waals surface area contributed by atoms with Crippen LogP contribution in [0.4, 0.5) is 0 Å². The third kappa shape index (κ3) is 6.67. The number of aromatic nitrogens is 1. The fourth-order valence-electron chi connectivity index (χ4n) is 3.25. The summed E-state index contributed by atoms with van der Waals surface area (Å²) in [6.45, 7) is 0. The van der Waals surface area contributed by atoms with Gasteiger partial charge in [0.05, 0.1) is 12.0 Å². The van der Waals surface area contributed by atoms with Gasteiger partial charge >= 0.3 is 29.6 Å². The Morgan fingerprint density at radius 3 is 2.38 bits per heavy atom. The van der Waals surface area contributed by atoms with Crippen LogP contribution in [0.25, 0.3) is 11.1 Å². The number of carboxylic acids is 1. The Hall–Kier alpha value is -2.16. The Labute approximate surface area is 213 Å². The van der Waals surface area contributed by atoms with Crippen molar-refractivity contribution in [1.29, 1.82) is 0 Å². The zero-order valence-electron chi connectivity index (χ0n) is 18.0. The molecule has 0 fully saturated rings. The molecule has 3 aromatic rings. The number of thioether (sulfide) groups is 1. The quantitative estimate of drug-likeness (QED) is 0.417. The van der Waals surface area contributed by atoms with Crippen molar-refractivity contribution in [3.05, 3.63) is 89.7 Å². The minimum Gasteiger partial charge on any atom is -0.548 e. The first-order valence-corrected chi connectivity index (χ1v) is 11.2. The summed E-state index contributed by atoms with van der Waals surface area (Å²) in [6, 6.07) is 16.7. The Morgan fingerprint density at radius 2 is 1.75 bits per heavy atom. The second-order valence-electron chi connectivity index (χ2n) is 6.98. The first kappa shape index (κ1) is 26.1. The van der Waals surface area contributed by atoms with E-state index in [0.29, 0.717) is 28.0 Å². The molecule has 0 spiro atoms. The topological polar surface area (TPSA) is 102 Å². The van der Waals surface area contributed by atoms with Crippen LogP contribution in [0.3, 0.4) is 0 Å². The molecule has 0 aliphatic carbocycles. The Morgan fingerprint density at radius 1 is 1.06 bits per heavy atom. The number of pyridine rings is 1. The molecule has 160 valence electrons. The molecule has 0 saturated heterocycles. The van der Waals surface area contributed by atoms with Crippen molar-refractivity contribution in [2.24, 2.45) is 0 Å². The van der Waals surface area contributed by atoms with Crippen LogP contribution in [0.2, 0.25) is 0 Å². The van der Waals surface area contributed by atoms with Crippen molar-refractivity contribution in [2.75, 3.05) is 12.0 Å². The van der Waals surface area contributed by atoms with Crippen LogP contribution < -0.4 is 40.0 Å². The summed E-state index contributed by atoms with van der Waals surface area (Å²) < 4.78 is 0. The van der Waals surface area contributed by atoms with Gasteiger partial charge in [-0.15, -0.1) is 0 Å². The third-order valence-corrected chi connectivity index (χ3v) is 5.56. The summed E-state index contributed by atoms with van der Waals surface area (Å²) in [4.78, 5) is 28.4. The minimum absolute atomic E-state index is 0. The number of nitrogens with zero attached hydrogens (tertiary/aromatic N) is 1. The number of aliphatic hydroxyl groups excluding tert-OH is 1. The van der Waals surface area contributed by atoms with Crippen molar-refractivity contribution in [3.8, 4) is 11.1 Å². The van der Waals surface area contributed by atoms with E-state index in [2.05, 4.69) is 10.3 Å². The van der Waals surface area contributed by atoms with E-state index in [0.717, 1.165) is 5.56 Å². The minimum atomic E-state index is -1.31. The van der Waals surface area contributed by atoms with Gasteiger partial charge in [-0.3, -0.25) is 9.78 Å². The van der Waals surface area contributed by atoms with Gasteiger partial charge in [0.2, 0.25) is 0 Å². The van der Waals surface area contributed by atoms with Gasteiger partial charge in [-0.05, 0) is 64.9 Å². The van der Waals surface area contributed by atoms with E-state index in [1.807, 2.05) is 36.6 Å². The van der Waals surface area contributed by atoms with Crippen LogP contribution in [0.1, 0.15) is 34.0 Å². The van der Waals surface area contributed by atoms with E-state index in [1.54, 1.807) is 42.7 Å². The summed E-state index contributed by atoms with van der Waals surface area (Å²) >= 11 is 1.50. The molecule has 1 heterocycles. The van der Waals surface area contributed by atoms with E-state index in [4.69, 9.17) is 0 Å². The molecule has 6 nitrogen and oxygen atoms in total. The maximum atomic E-state index is 13.0. The van der Waals surface area contributed by atoms with Crippen molar-refractivity contribution in [2.45, 2.75) is 18.6 Å². The molecule has 0 bridgehead atoms.